The molecule has 0 saturated heterocycles. The second-order valence-corrected chi connectivity index (χ2v) is 8.73. The third kappa shape index (κ3) is 3.92. The number of nitrogens with one attached hydrogen (secondary N) is 1. The van der Waals surface area contributed by atoms with Crippen LogP contribution in [0.15, 0.2) is 10.3 Å². The van der Waals surface area contributed by atoms with Crippen molar-refractivity contribution in [2.24, 2.45) is 0 Å². The highest BCUT2D eigenvalue weighted by molar-refractivity contribution is 7.91. The highest BCUT2D eigenvalue weighted by Crippen LogP contribution is 2.36. The fraction of sp³-hybridized carbons (Fsp3) is 0.636. The van der Waals surface area contributed by atoms with Crippen LogP contribution in [0.2, 0.25) is 4.34 Å². The molecule has 0 bridgehead atoms. The maximum Gasteiger partial charge on any atom is 0.300 e. The molecule has 1 atom stereocenters. The van der Waals surface area contributed by atoms with Gasteiger partial charge in [-0.25, -0.2) is 13.1 Å². The molecule has 10 heteroatoms. The predicted molar refractivity (Wildman–Crippen MR) is 81.4 cm³/mol. The van der Waals surface area contributed by atoms with Crippen LogP contribution in [0.1, 0.15) is 19.8 Å². The zero-order chi connectivity index (χ0) is 15.8. The van der Waals surface area contributed by atoms with Gasteiger partial charge < -0.3 is 0 Å². The molecular weight excluding hydrogens is 338 g/mol. The first-order valence-electron chi connectivity index (χ1n) is 6.37. The van der Waals surface area contributed by atoms with Gasteiger partial charge in [0.25, 0.3) is 5.69 Å². The molecule has 0 aliphatic heterocycles. The molecule has 1 aromatic rings. The third-order valence-corrected chi connectivity index (χ3v) is 6.73. The zero-order valence-corrected chi connectivity index (χ0v) is 14.0. The summed E-state index contributed by atoms with van der Waals surface area (Å²) in [5, 5.41) is 10.7. The first-order valence-corrected chi connectivity index (χ1v) is 9.05. The van der Waals surface area contributed by atoms with Gasteiger partial charge in [0.05, 0.1) is 4.92 Å². The van der Waals surface area contributed by atoms with E-state index in [-0.39, 0.29) is 26.8 Å². The lowest BCUT2D eigenvalue weighted by Crippen LogP contribution is -2.40. The first-order chi connectivity index (χ1) is 9.72. The molecule has 118 valence electrons. The van der Waals surface area contributed by atoms with Crippen molar-refractivity contribution in [1.82, 2.24) is 9.62 Å². The Kier molecular flexibility index (Phi) is 4.89. The molecule has 1 aliphatic carbocycles. The SMILES string of the molecule is CC(CNS(=O)(=O)c1cc([N+](=O)[O-])c(Cl)s1)N(C)C1CC1. The standard InChI is InChI=1S/C11H16ClN3O4S2/c1-7(14(2)8-3-4-8)6-13-21(18,19)10-5-9(15(16)17)11(12)20-10/h5,7-8,13H,3-4,6H2,1-2H3. The summed E-state index contributed by atoms with van der Waals surface area (Å²) in [6.07, 6.45) is 2.28. The molecule has 1 fully saturated rings. The fourth-order valence-corrected chi connectivity index (χ4v) is 4.71. The molecule has 7 nitrogen and oxygen atoms in total. The number of nitro groups is 1. The van der Waals surface area contributed by atoms with Crippen molar-refractivity contribution < 1.29 is 13.3 Å². The molecule has 2 rings (SSSR count). The van der Waals surface area contributed by atoms with Crippen LogP contribution < -0.4 is 4.72 Å². The number of nitrogens with zero attached hydrogens (tertiary/aromatic N) is 2. The number of thiophene rings is 1. The zero-order valence-electron chi connectivity index (χ0n) is 11.6. The molecule has 1 N–H and O–H groups in total. The Balaban J connectivity index is 2.04. The quantitative estimate of drug-likeness (QED) is 0.598. The Morgan fingerprint density at radius 2 is 2.24 bits per heavy atom. The number of sulfonamides is 1. The average Bonchev–Trinajstić information content (AvgIpc) is 3.17. The Morgan fingerprint density at radius 3 is 2.71 bits per heavy atom. The molecule has 1 aromatic heterocycles. The van der Waals surface area contributed by atoms with E-state index in [1.165, 1.54) is 0 Å². The van der Waals surface area contributed by atoms with E-state index in [9.17, 15) is 18.5 Å². The highest BCUT2D eigenvalue weighted by atomic mass is 35.5. The van der Waals surface area contributed by atoms with Crippen LogP contribution in [-0.4, -0.2) is 43.9 Å². The van der Waals surface area contributed by atoms with E-state index in [2.05, 4.69) is 9.62 Å². The number of rotatable bonds is 7. The van der Waals surface area contributed by atoms with Crippen LogP contribution in [0.5, 0.6) is 0 Å². The van der Waals surface area contributed by atoms with E-state index in [1.807, 2.05) is 14.0 Å². The predicted octanol–water partition coefficient (Wildman–Crippen LogP) is 2.07. The molecule has 0 radical (unpaired) electrons. The molecular formula is C11H16ClN3O4S2. The van der Waals surface area contributed by atoms with Crippen molar-refractivity contribution in [3.05, 3.63) is 20.5 Å². The van der Waals surface area contributed by atoms with Gasteiger partial charge in [0, 0.05) is 24.7 Å². The Morgan fingerprint density at radius 1 is 1.62 bits per heavy atom. The van der Waals surface area contributed by atoms with E-state index in [0.717, 1.165) is 18.9 Å². The fourth-order valence-electron chi connectivity index (χ4n) is 1.88. The Bertz CT molecular complexity index is 642. The van der Waals surface area contributed by atoms with Gasteiger partial charge in [0.2, 0.25) is 10.0 Å². The summed E-state index contributed by atoms with van der Waals surface area (Å²) in [5.74, 6) is 0. The van der Waals surface area contributed by atoms with Gasteiger partial charge >= 0.3 is 0 Å². The maximum absolute atomic E-state index is 12.1. The van der Waals surface area contributed by atoms with E-state index in [0.29, 0.717) is 17.4 Å². The van der Waals surface area contributed by atoms with E-state index in [1.54, 1.807) is 0 Å². The van der Waals surface area contributed by atoms with Crippen molar-refractivity contribution >= 4 is 38.6 Å². The molecule has 1 unspecified atom stereocenters. The first kappa shape index (κ1) is 16.6. The summed E-state index contributed by atoms with van der Waals surface area (Å²) in [5.41, 5.74) is -0.384. The van der Waals surface area contributed by atoms with Crippen molar-refractivity contribution in [3.63, 3.8) is 0 Å². The second-order valence-electron chi connectivity index (χ2n) is 5.08. The summed E-state index contributed by atoms with van der Waals surface area (Å²) in [6, 6.07) is 1.57. The van der Waals surface area contributed by atoms with Crippen LogP contribution in [0.4, 0.5) is 5.69 Å². The topological polar surface area (TPSA) is 92.5 Å². The van der Waals surface area contributed by atoms with Gasteiger partial charge in [-0.2, -0.15) is 0 Å². The lowest BCUT2D eigenvalue weighted by molar-refractivity contribution is -0.384. The third-order valence-electron chi connectivity index (χ3n) is 3.49. The summed E-state index contributed by atoms with van der Waals surface area (Å²) in [6.45, 7) is 2.18. The van der Waals surface area contributed by atoms with Crippen molar-refractivity contribution in [1.29, 1.82) is 0 Å². The van der Waals surface area contributed by atoms with Crippen LogP contribution in [-0.2, 0) is 10.0 Å². The molecule has 1 saturated carbocycles. The largest absolute Gasteiger partial charge is 0.300 e. The molecule has 0 aromatic carbocycles. The molecule has 21 heavy (non-hydrogen) atoms. The normalized spacial score (nSPS) is 17.1. The van der Waals surface area contributed by atoms with Crippen molar-refractivity contribution in [2.75, 3.05) is 13.6 Å². The van der Waals surface area contributed by atoms with Crippen molar-refractivity contribution in [3.8, 4) is 0 Å². The lowest BCUT2D eigenvalue weighted by atomic mass is 10.3. The smallest absolute Gasteiger partial charge is 0.299 e. The van der Waals surface area contributed by atoms with Gasteiger partial charge in [-0.05, 0) is 26.8 Å². The lowest BCUT2D eigenvalue weighted by Gasteiger charge is -2.24. The van der Waals surface area contributed by atoms with Gasteiger partial charge in [-0.3, -0.25) is 15.0 Å². The monoisotopic (exact) mass is 353 g/mol. The summed E-state index contributed by atoms with van der Waals surface area (Å²) in [7, 11) is -1.81. The van der Waals surface area contributed by atoms with Gasteiger partial charge in [-0.1, -0.05) is 11.6 Å². The minimum atomic E-state index is -3.78. The molecule has 1 heterocycles. The van der Waals surface area contributed by atoms with Gasteiger partial charge in [0.1, 0.15) is 4.21 Å². The van der Waals surface area contributed by atoms with Crippen molar-refractivity contribution in [2.45, 2.75) is 36.1 Å². The number of hydrogen-bond acceptors (Lipinski definition) is 6. The summed E-state index contributed by atoms with van der Waals surface area (Å²) in [4.78, 5) is 12.1. The number of hydrogen-bond donors (Lipinski definition) is 1. The molecule has 1 aliphatic rings. The van der Waals surface area contributed by atoms with Crippen LogP contribution in [0.3, 0.4) is 0 Å². The average molecular weight is 354 g/mol. The van der Waals surface area contributed by atoms with E-state index < -0.39 is 14.9 Å². The molecule has 0 amide bonds. The summed E-state index contributed by atoms with van der Waals surface area (Å²) >= 11 is 6.37. The second kappa shape index (κ2) is 6.17. The Hall–Kier alpha value is -0.740. The summed E-state index contributed by atoms with van der Waals surface area (Å²) < 4.78 is 26.5. The van der Waals surface area contributed by atoms with Gasteiger partial charge in [-0.15, -0.1) is 11.3 Å². The minimum absolute atomic E-state index is 0.0534. The number of halogens is 1. The Labute approximate surface area is 132 Å². The molecule has 0 spiro atoms. The van der Waals surface area contributed by atoms with Crippen LogP contribution in [0, 0.1) is 10.1 Å². The minimum Gasteiger partial charge on any atom is -0.299 e. The highest BCUT2D eigenvalue weighted by Gasteiger charge is 2.30. The number of likely N-dealkylation sites (N-methyl/N-ethyl adjacent to an activating group) is 1. The maximum atomic E-state index is 12.1. The van der Waals surface area contributed by atoms with E-state index >= 15 is 0 Å². The van der Waals surface area contributed by atoms with Crippen LogP contribution >= 0.6 is 22.9 Å². The van der Waals surface area contributed by atoms with Gasteiger partial charge in [0.15, 0.2) is 4.34 Å². The van der Waals surface area contributed by atoms with Crippen LogP contribution in [0.25, 0.3) is 0 Å². The van der Waals surface area contributed by atoms with E-state index in [4.69, 9.17) is 11.6 Å².